The van der Waals surface area contributed by atoms with Crippen LogP contribution in [0.1, 0.15) is 43.6 Å². The molecule has 0 spiro atoms. The summed E-state index contributed by atoms with van der Waals surface area (Å²) in [5.74, 6) is -0.389. The number of hydrogen-bond donors (Lipinski definition) is 0. The first kappa shape index (κ1) is 27.2. The van der Waals surface area contributed by atoms with Gasteiger partial charge in [-0.2, -0.15) is 0 Å². The predicted octanol–water partition coefficient (Wildman–Crippen LogP) is 5.06. The summed E-state index contributed by atoms with van der Waals surface area (Å²) < 4.78 is 26.4. The molecule has 3 aromatic rings. The number of sulfone groups is 1. The molecule has 0 saturated carbocycles. The number of carbonyl (C=O) groups is 1. The molecule has 3 rings (SSSR count). The fourth-order valence-corrected chi connectivity index (χ4v) is 5.80. The number of likely N-dealkylation sites (N-methyl/N-ethyl adjacent to an activating group) is 1. The molecular formula is C24H32ClN3O3S2. The van der Waals surface area contributed by atoms with Gasteiger partial charge in [-0.15, -0.1) is 12.4 Å². The molecule has 9 heteroatoms. The molecule has 0 saturated heterocycles. The van der Waals surface area contributed by atoms with Crippen molar-refractivity contribution in [1.82, 2.24) is 9.88 Å². The predicted molar refractivity (Wildman–Crippen MR) is 140 cm³/mol. The van der Waals surface area contributed by atoms with Crippen LogP contribution in [0.25, 0.3) is 10.2 Å². The monoisotopic (exact) mass is 509 g/mol. The molecule has 0 radical (unpaired) electrons. The number of fused-ring (bicyclic) bond motifs is 1. The fourth-order valence-electron chi connectivity index (χ4n) is 3.68. The molecule has 2 aromatic carbocycles. The Morgan fingerprint density at radius 3 is 2.30 bits per heavy atom. The number of halogens is 1. The highest BCUT2D eigenvalue weighted by Gasteiger charge is 2.27. The molecule has 1 amide bonds. The third-order valence-corrected chi connectivity index (χ3v) is 8.54. The van der Waals surface area contributed by atoms with Crippen molar-refractivity contribution in [2.75, 3.05) is 36.8 Å². The van der Waals surface area contributed by atoms with E-state index in [1.165, 1.54) is 17.4 Å². The third kappa shape index (κ3) is 5.93. The Bertz CT molecular complexity index is 1190. The van der Waals surface area contributed by atoms with E-state index in [2.05, 4.69) is 31.7 Å². The molecule has 33 heavy (non-hydrogen) atoms. The van der Waals surface area contributed by atoms with Crippen molar-refractivity contribution in [3.05, 3.63) is 53.6 Å². The zero-order valence-electron chi connectivity index (χ0n) is 19.6. The summed E-state index contributed by atoms with van der Waals surface area (Å²) in [7, 11) is -3.54. The quantitative estimate of drug-likeness (QED) is 0.382. The molecule has 180 valence electrons. The maximum absolute atomic E-state index is 13.8. The lowest BCUT2D eigenvalue weighted by atomic mass is 10.1. The third-order valence-electron chi connectivity index (χ3n) is 5.72. The number of hydrogen-bond acceptors (Lipinski definition) is 6. The van der Waals surface area contributed by atoms with Gasteiger partial charge in [0.05, 0.1) is 26.4 Å². The lowest BCUT2D eigenvalue weighted by molar-refractivity contribution is 0.0980. The number of amides is 1. The van der Waals surface area contributed by atoms with Crippen LogP contribution >= 0.6 is 23.7 Å². The molecule has 1 heterocycles. The van der Waals surface area contributed by atoms with Crippen LogP contribution in [0.5, 0.6) is 0 Å². The second-order valence-electron chi connectivity index (χ2n) is 7.50. The molecular weight excluding hydrogens is 478 g/mol. The van der Waals surface area contributed by atoms with Crippen LogP contribution in [-0.4, -0.2) is 56.1 Å². The number of rotatable bonds is 10. The Kier molecular flexibility index (Phi) is 9.84. The minimum absolute atomic E-state index is 0. The molecule has 0 unspecified atom stereocenters. The summed E-state index contributed by atoms with van der Waals surface area (Å²) in [6.07, 6.45) is 0.853. The first-order valence-corrected chi connectivity index (χ1v) is 13.6. The van der Waals surface area contributed by atoms with Gasteiger partial charge in [0.1, 0.15) is 0 Å². The van der Waals surface area contributed by atoms with Gasteiger partial charge in [0.15, 0.2) is 15.0 Å². The molecule has 0 atom stereocenters. The Morgan fingerprint density at radius 1 is 0.970 bits per heavy atom. The zero-order valence-corrected chi connectivity index (χ0v) is 22.0. The van der Waals surface area contributed by atoms with Gasteiger partial charge in [0, 0.05) is 13.1 Å². The zero-order chi connectivity index (χ0) is 23.3. The summed E-state index contributed by atoms with van der Waals surface area (Å²) in [4.78, 5) is 22.5. The normalized spacial score (nSPS) is 11.5. The van der Waals surface area contributed by atoms with E-state index in [4.69, 9.17) is 4.98 Å². The smallest absolute Gasteiger partial charge is 0.261 e. The molecule has 0 fully saturated rings. The van der Waals surface area contributed by atoms with Crippen molar-refractivity contribution < 1.29 is 13.2 Å². The van der Waals surface area contributed by atoms with E-state index in [1.54, 1.807) is 30.0 Å². The molecule has 0 aliphatic rings. The van der Waals surface area contributed by atoms with E-state index in [0.717, 1.165) is 35.3 Å². The lowest BCUT2D eigenvalue weighted by Gasteiger charge is -2.25. The number of aromatic nitrogens is 1. The highest BCUT2D eigenvalue weighted by molar-refractivity contribution is 7.91. The fraction of sp³-hybridized carbons (Fsp3) is 0.417. The van der Waals surface area contributed by atoms with Crippen LogP contribution in [0.2, 0.25) is 0 Å². The summed E-state index contributed by atoms with van der Waals surface area (Å²) in [6.45, 7) is 10.7. The average Bonchev–Trinajstić information content (AvgIpc) is 3.25. The van der Waals surface area contributed by atoms with Crippen LogP contribution in [0.15, 0.2) is 47.4 Å². The summed E-state index contributed by atoms with van der Waals surface area (Å²) in [5.41, 5.74) is 2.24. The summed E-state index contributed by atoms with van der Waals surface area (Å²) in [5, 5.41) is 0.599. The van der Waals surface area contributed by atoms with Crippen LogP contribution in [-0.2, 0) is 16.3 Å². The van der Waals surface area contributed by atoms with Crippen molar-refractivity contribution in [1.29, 1.82) is 0 Å². The Balaban J connectivity index is 0.00000385. The molecule has 1 aromatic heterocycles. The number of thiazole rings is 1. The van der Waals surface area contributed by atoms with Crippen LogP contribution in [0.4, 0.5) is 5.13 Å². The second-order valence-corrected chi connectivity index (χ2v) is 10.8. The van der Waals surface area contributed by atoms with Gasteiger partial charge in [0.25, 0.3) is 5.91 Å². The van der Waals surface area contributed by atoms with Gasteiger partial charge >= 0.3 is 0 Å². The van der Waals surface area contributed by atoms with E-state index in [-0.39, 0.29) is 34.5 Å². The number of nitrogens with zero attached hydrogens (tertiary/aromatic N) is 3. The van der Waals surface area contributed by atoms with Crippen molar-refractivity contribution in [3.63, 3.8) is 0 Å². The van der Waals surface area contributed by atoms with Gasteiger partial charge in [0.2, 0.25) is 0 Å². The SMILES string of the molecule is CCc1cccc2sc(N(CCN(CC)CC)C(=O)c3ccccc3S(=O)(=O)CC)nc12.Cl. The van der Waals surface area contributed by atoms with Gasteiger partial charge in [-0.25, -0.2) is 13.4 Å². The molecule has 0 bridgehead atoms. The first-order valence-electron chi connectivity index (χ1n) is 11.1. The number of benzene rings is 2. The Morgan fingerprint density at radius 2 is 1.67 bits per heavy atom. The lowest BCUT2D eigenvalue weighted by Crippen LogP contribution is -2.39. The van der Waals surface area contributed by atoms with Gasteiger partial charge in [-0.1, -0.05) is 63.3 Å². The van der Waals surface area contributed by atoms with Crippen LogP contribution in [0, 0.1) is 0 Å². The topological polar surface area (TPSA) is 70.6 Å². The summed E-state index contributed by atoms with van der Waals surface area (Å²) >= 11 is 1.47. The van der Waals surface area contributed by atoms with E-state index in [9.17, 15) is 13.2 Å². The van der Waals surface area contributed by atoms with Crippen LogP contribution < -0.4 is 4.90 Å². The van der Waals surface area contributed by atoms with E-state index in [0.29, 0.717) is 18.2 Å². The minimum Gasteiger partial charge on any atom is -0.302 e. The van der Waals surface area contributed by atoms with Crippen LogP contribution in [0.3, 0.4) is 0 Å². The van der Waals surface area contributed by atoms with Crippen molar-refractivity contribution in [2.24, 2.45) is 0 Å². The number of anilines is 1. The maximum Gasteiger partial charge on any atom is 0.261 e. The molecule has 6 nitrogen and oxygen atoms in total. The van der Waals surface area contributed by atoms with Gasteiger partial charge < -0.3 is 4.90 Å². The Labute approximate surface area is 207 Å². The standard InChI is InChI=1S/C24H31N3O3S2.ClH/c1-5-18-12-11-14-20-22(18)25-24(31-20)27(17-16-26(6-2)7-3)23(28)19-13-9-10-15-21(19)32(29,30)8-4;/h9-15H,5-8,16-17H2,1-4H3;1H. The highest BCUT2D eigenvalue weighted by Crippen LogP contribution is 2.32. The van der Waals surface area contributed by atoms with Gasteiger partial charge in [-0.3, -0.25) is 9.69 Å². The number of aryl methyl sites for hydroxylation is 1. The van der Waals surface area contributed by atoms with E-state index >= 15 is 0 Å². The minimum atomic E-state index is -3.54. The van der Waals surface area contributed by atoms with E-state index in [1.807, 2.05) is 12.1 Å². The second kappa shape index (κ2) is 11.9. The largest absolute Gasteiger partial charge is 0.302 e. The van der Waals surface area contributed by atoms with Crippen molar-refractivity contribution >= 4 is 54.8 Å². The average molecular weight is 510 g/mol. The molecule has 0 aliphatic carbocycles. The first-order chi connectivity index (χ1) is 15.4. The summed E-state index contributed by atoms with van der Waals surface area (Å²) in [6, 6.07) is 12.6. The van der Waals surface area contributed by atoms with E-state index < -0.39 is 9.84 Å². The number of carbonyl (C=O) groups excluding carboxylic acids is 1. The number of para-hydroxylation sites is 1. The van der Waals surface area contributed by atoms with Crippen molar-refractivity contribution in [2.45, 2.75) is 39.0 Å². The van der Waals surface area contributed by atoms with Gasteiger partial charge in [-0.05, 0) is 43.3 Å². The van der Waals surface area contributed by atoms with Crippen molar-refractivity contribution in [3.8, 4) is 0 Å². The highest BCUT2D eigenvalue weighted by atomic mass is 35.5. The molecule has 0 aliphatic heterocycles. The Hall–Kier alpha value is -2.00. The maximum atomic E-state index is 13.8. The molecule has 0 N–H and O–H groups in total.